The van der Waals surface area contributed by atoms with E-state index in [-0.39, 0.29) is 11.6 Å². The molecule has 0 unspecified atom stereocenters. The van der Waals surface area contributed by atoms with Crippen LogP contribution in [0, 0.1) is 0 Å². The maximum absolute atomic E-state index is 12.6. The van der Waals surface area contributed by atoms with E-state index in [1.807, 2.05) is 0 Å². The third-order valence-electron chi connectivity index (χ3n) is 2.75. The lowest BCUT2D eigenvalue weighted by Crippen LogP contribution is -2.33. The Morgan fingerprint density at radius 1 is 0.789 bits per heavy atom. The Bertz CT molecular complexity index is 431. The highest BCUT2D eigenvalue weighted by atomic mass is 19.4. The van der Waals surface area contributed by atoms with E-state index in [1.165, 1.54) is 13.8 Å². The first-order chi connectivity index (χ1) is 8.38. The second kappa shape index (κ2) is 4.74. The summed E-state index contributed by atoms with van der Waals surface area (Å²) in [6, 6.07) is 1.45. The van der Waals surface area contributed by atoms with Crippen molar-refractivity contribution in [2.24, 2.45) is 5.64 Å². The largest absolute Gasteiger partial charge is 0.416 e. The predicted molar refractivity (Wildman–Crippen MR) is 59.4 cm³/mol. The van der Waals surface area contributed by atoms with Gasteiger partial charge in [0.05, 0.1) is 11.1 Å². The number of hydrogen-bond donors (Lipinski definition) is 1. The van der Waals surface area contributed by atoms with Gasteiger partial charge in [-0.3, -0.25) is 0 Å². The van der Waals surface area contributed by atoms with Crippen molar-refractivity contribution in [3.05, 3.63) is 34.9 Å². The number of rotatable bonds is 2. The normalized spacial score (nSPS) is 13.5. The van der Waals surface area contributed by atoms with Gasteiger partial charge < -0.3 is 5.64 Å². The molecular weight excluding hydrogens is 271 g/mol. The minimum absolute atomic E-state index is 0.0934. The van der Waals surface area contributed by atoms with Crippen LogP contribution in [0.2, 0.25) is 0 Å². The second-order valence-corrected chi connectivity index (χ2v) is 4.68. The molecule has 1 nitrogen and oxygen atoms in total. The maximum Gasteiger partial charge on any atom is 0.416 e. The van der Waals surface area contributed by atoms with Crippen LogP contribution in [-0.4, -0.2) is 7.41 Å². The number of benzene rings is 1. The Hall–Kier alpha value is -1.18. The third kappa shape index (κ3) is 3.65. The first kappa shape index (κ1) is 15.9. The summed E-state index contributed by atoms with van der Waals surface area (Å²) in [4.78, 5) is 0. The molecule has 0 aliphatic rings. The van der Waals surface area contributed by atoms with Gasteiger partial charge in [0.15, 0.2) is 0 Å². The lowest BCUT2D eigenvalue weighted by atomic mass is 9.60. The number of hydrogen-bond acceptors (Lipinski definition) is 1. The molecule has 8 heteroatoms. The van der Waals surface area contributed by atoms with Crippen LogP contribution in [0.4, 0.5) is 26.3 Å². The van der Waals surface area contributed by atoms with Crippen molar-refractivity contribution in [1.82, 2.24) is 0 Å². The van der Waals surface area contributed by atoms with Crippen LogP contribution in [0.15, 0.2) is 18.2 Å². The molecule has 0 aromatic heterocycles. The number of nitrogens with two attached hydrogens (primary N) is 1. The summed E-state index contributed by atoms with van der Waals surface area (Å²) in [6.45, 7) is 2.87. The zero-order valence-corrected chi connectivity index (χ0v) is 10.2. The van der Waals surface area contributed by atoms with E-state index in [1.54, 1.807) is 0 Å². The summed E-state index contributed by atoms with van der Waals surface area (Å²) in [5.41, 5.74) is 2.45. The minimum atomic E-state index is -4.85. The Morgan fingerprint density at radius 3 is 1.37 bits per heavy atom. The zero-order chi connectivity index (χ0) is 15.1. The molecule has 0 bridgehead atoms. The molecule has 105 valence electrons. The van der Waals surface area contributed by atoms with E-state index in [9.17, 15) is 26.3 Å². The van der Waals surface area contributed by atoms with Crippen LogP contribution < -0.4 is 5.64 Å². The minimum Gasteiger partial charge on any atom is -0.374 e. The molecule has 2 N–H and O–H groups in total. The summed E-state index contributed by atoms with van der Waals surface area (Å²) in [5, 5.41) is -1.10. The highest BCUT2D eigenvalue weighted by Gasteiger charge is 2.38. The molecule has 0 aliphatic carbocycles. The molecule has 0 saturated carbocycles. The van der Waals surface area contributed by atoms with E-state index < -0.39 is 28.8 Å². The van der Waals surface area contributed by atoms with Crippen LogP contribution in [0.3, 0.4) is 0 Å². The van der Waals surface area contributed by atoms with Crippen molar-refractivity contribution < 1.29 is 26.3 Å². The summed E-state index contributed by atoms with van der Waals surface area (Å²) in [5.74, 6) is 0. The van der Waals surface area contributed by atoms with Gasteiger partial charge in [0.1, 0.15) is 0 Å². The highest BCUT2D eigenvalue weighted by molar-refractivity contribution is 6.35. The van der Waals surface area contributed by atoms with E-state index in [2.05, 4.69) is 0 Å². The monoisotopic (exact) mass is 282 g/mol. The average Bonchev–Trinajstić information content (AvgIpc) is 2.26. The average molecular weight is 282 g/mol. The first-order valence-electron chi connectivity index (χ1n) is 5.24. The van der Waals surface area contributed by atoms with Crippen LogP contribution in [0.25, 0.3) is 0 Å². The molecule has 0 amide bonds. The number of halogens is 6. The Morgan fingerprint density at radius 2 is 1.11 bits per heavy atom. The Kier molecular flexibility index (Phi) is 3.96. The van der Waals surface area contributed by atoms with Gasteiger partial charge in [-0.15, -0.1) is 0 Å². The molecule has 19 heavy (non-hydrogen) atoms. The van der Waals surface area contributed by atoms with E-state index >= 15 is 0 Å². The predicted octanol–water partition coefficient (Wildman–Crippen LogP) is 3.54. The smallest absolute Gasteiger partial charge is 0.374 e. The van der Waals surface area contributed by atoms with Gasteiger partial charge in [0.2, 0.25) is 7.41 Å². The molecule has 1 aromatic rings. The fourth-order valence-corrected chi connectivity index (χ4v) is 1.42. The van der Waals surface area contributed by atoms with Gasteiger partial charge in [-0.05, 0) is 29.1 Å². The fraction of sp³-hybridized carbons (Fsp3) is 0.455. The van der Waals surface area contributed by atoms with Gasteiger partial charge in [0, 0.05) is 0 Å². The van der Waals surface area contributed by atoms with Gasteiger partial charge in [-0.25, -0.2) is 0 Å². The van der Waals surface area contributed by atoms with Crippen molar-refractivity contribution in [1.29, 1.82) is 0 Å². The fourth-order valence-electron chi connectivity index (χ4n) is 1.42. The molecule has 0 saturated heterocycles. The van der Waals surface area contributed by atoms with E-state index in [0.29, 0.717) is 12.1 Å². The first-order valence-corrected chi connectivity index (χ1v) is 5.24. The van der Waals surface area contributed by atoms with Gasteiger partial charge in [-0.2, -0.15) is 26.3 Å². The van der Waals surface area contributed by atoms with Crippen molar-refractivity contribution in [3.63, 3.8) is 0 Å². The van der Waals surface area contributed by atoms with Crippen LogP contribution >= 0.6 is 0 Å². The quantitative estimate of drug-likeness (QED) is 0.651. The van der Waals surface area contributed by atoms with Crippen molar-refractivity contribution in [2.45, 2.75) is 31.5 Å². The summed E-state index contributed by atoms with van der Waals surface area (Å²) in [6.07, 6.45) is -9.69. The molecule has 0 heterocycles. The molecule has 0 atom stereocenters. The molecule has 1 rings (SSSR count). The van der Waals surface area contributed by atoms with Gasteiger partial charge in [-0.1, -0.05) is 13.8 Å². The molecule has 0 spiro atoms. The van der Waals surface area contributed by atoms with Gasteiger partial charge >= 0.3 is 12.4 Å². The summed E-state index contributed by atoms with van der Waals surface area (Å²) >= 11 is 0. The summed E-state index contributed by atoms with van der Waals surface area (Å²) in [7, 11) is 1.06. The third-order valence-corrected chi connectivity index (χ3v) is 2.75. The molecule has 1 aromatic carbocycles. The van der Waals surface area contributed by atoms with Gasteiger partial charge in [0.25, 0.3) is 0 Å². The zero-order valence-electron chi connectivity index (χ0n) is 10.2. The lowest BCUT2D eigenvalue weighted by molar-refractivity contribution is -0.143. The molecule has 0 aliphatic heterocycles. The van der Waals surface area contributed by atoms with Crippen LogP contribution in [0.5, 0.6) is 0 Å². The Labute approximate surface area is 107 Å². The topological polar surface area (TPSA) is 26.0 Å². The standard InChI is InChI=1S/C11H11BF6N/c1-9(2,12-19)6-3-7(10(13,14)15)5-8(4-6)11(16,17)18/h3-5H,19H2,1-2H3. The summed E-state index contributed by atoms with van der Waals surface area (Å²) < 4.78 is 75.7. The van der Waals surface area contributed by atoms with E-state index in [0.717, 1.165) is 7.41 Å². The lowest BCUT2D eigenvalue weighted by Gasteiger charge is -2.24. The second-order valence-electron chi connectivity index (χ2n) is 4.68. The molecule has 0 fully saturated rings. The van der Waals surface area contributed by atoms with Crippen LogP contribution in [0.1, 0.15) is 30.5 Å². The molecular formula is C11H11BF6N. The Balaban J connectivity index is 3.51. The van der Waals surface area contributed by atoms with Crippen molar-refractivity contribution in [2.75, 3.05) is 0 Å². The highest BCUT2D eigenvalue weighted by Crippen LogP contribution is 2.38. The van der Waals surface area contributed by atoms with Crippen LogP contribution in [-0.2, 0) is 17.7 Å². The SMILES string of the molecule is CC(C)([B]N)c1cc(C(F)(F)F)cc(C(F)(F)F)c1. The van der Waals surface area contributed by atoms with Crippen molar-refractivity contribution >= 4 is 7.41 Å². The van der Waals surface area contributed by atoms with E-state index in [4.69, 9.17) is 5.64 Å². The van der Waals surface area contributed by atoms with Crippen molar-refractivity contribution in [3.8, 4) is 0 Å². The number of alkyl halides is 6. The maximum atomic E-state index is 12.6. The molecule has 1 radical (unpaired) electrons.